The van der Waals surface area contributed by atoms with E-state index in [1.807, 2.05) is 7.05 Å². The molecule has 0 spiro atoms. The summed E-state index contributed by atoms with van der Waals surface area (Å²) < 4.78 is 0. The SMILES string of the molecule is CC(=O)c1ccc(NC(=O)N(C)CC2CCCC2)cc1. The van der Waals surface area contributed by atoms with E-state index in [9.17, 15) is 9.59 Å². The largest absolute Gasteiger partial charge is 0.327 e. The fourth-order valence-electron chi connectivity index (χ4n) is 2.67. The highest BCUT2D eigenvalue weighted by molar-refractivity contribution is 5.95. The van der Waals surface area contributed by atoms with Crippen molar-refractivity contribution in [1.29, 1.82) is 0 Å². The van der Waals surface area contributed by atoms with Gasteiger partial charge in [-0.1, -0.05) is 12.8 Å². The number of hydrogen-bond acceptors (Lipinski definition) is 2. The van der Waals surface area contributed by atoms with Gasteiger partial charge >= 0.3 is 6.03 Å². The molecule has 1 aliphatic carbocycles. The molecular weight excluding hydrogens is 252 g/mol. The lowest BCUT2D eigenvalue weighted by molar-refractivity contribution is 0.101. The van der Waals surface area contributed by atoms with Crippen LogP contribution in [-0.2, 0) is 0 Å². The molecule has 0 bridgehead atoms. The van der Waals surface area contributed by atoms with Gasteiger partial charge in [0.15, 0.2) is 5.78 Å². The molecule has 4 nitrogen and oxygen atoms in total. The van der Waals surface area contributed by atoms with E-state index in [2.05, 4.69) is 5.32 Å². The molecule has 108 valence electrons. The molecule has 1 saturated carbocycles. The van der Waals surface area contributed by atoms with Gasteiger partial charge < -0.3 is 10.2 Å². The smallest absolute Gasteiger partial charge is 0.321 e. The average Bonchev–Trinajstić information content (AvgIpc) is 2.92. The molecule has 1 N–H and O–H groups in total. The van der Waals surface area contributed by atoms with Crippen LogP contribution in [0.15, 0.2) is 24.3 Å². The lowest BCUT2D eigenvalue weighted by Gasteiger charge is -2.21. The number of benzene rings is 1. The van der Waals surface area contributed by atoms with Gasteiger partial charge in [-0.2, -0.15) is 0 Å². The fourth-order valence-corrected chi connectivity index (χ4v) is 2.67. The van der Waals surface area contributed by atoms with Gasteiger partial charge in [0, 0.05) is 24.8 Å². The Bertz CT molecular complexity index is 476. The normalized spacial score (nSPS) is 15.1. The molecular formula is C16H22N2O2. The zero-order valence-corrected chi connectivity index (χ0v) is 12.2. The lowest BCUT2D eigenvalue weighted by Crippen LogP contribution is -2.34. The summed E-state index contributed by atoms with van der Waals surface area (Å²) in [6, 6.07) is 6.90. The minimum Gasteiger partial charge on any atom is -0.327 e. The number of rotatable bonds is 4. The number of hydrogen-bond donors (Lipinski definition) is 1. The third-order valence-electron chi connectivity index (χ3n) is 3.90. The van der Waals surface area contributed by atoms with E-state index in [-0.39, 0.29) is 11.8 Å². The van der Waals surface area contributed by atoms with Gasteiger partial charge in [0.25, 0.3) is 0 Å². The first-order valence-electron chi connectivity index (χ1n) is 7.19. The third-order valence-corrected chi connectivity index (χ3v) is 3.90. The Morgan fingerprint density at radius 1 is 1.20 bits per heavy atom. The molecule has 20 heavy (non-hydrogen) atoms. The van der Waals surface area contributed by atoms with E-state index in [1.54, 1.807) is 29.2 Å². The highest BCUT2D eigenvalue weighted by Crippen LogP contribution is 2.25. The number of ketones is 1. The van der Waals surface area contributed by atoms with E-state index >= 15 is 0 Å². The number of urea groups is 1. The number of nitrogens with zero attached hydrogens (tertiary/aromatic N) is 1. The van der Waals surface area contributed by atoms with Crippen molar-refractivity contribution in [2.24, 2.45) is 5.92 Å². The Morgan fingerprint density at radius 2 is 1.80 bits per heavy atom. The highest BCUT2D eigenvalue weighted by Gasteiger charge is 2.19. The quantitative estimate of drug-likeness (QED) is 0.854. The van der Waals surface area contributed by atoms with Crippen molar-refractivity contribution in [3.8, 4) is 0 Å². The lowest BCUT2D eigenvalue weighted by atomic mass is 10.1. The molecule has 1 aromatic carbocycles. The second kappa shape index (κ2) is 6.55. The molecule has 1 aromatic rings. The van der Waals surface area contributed by atoms with Crippen LogP contribution in [0.5, 0.6) is 0 Å². The van der Waals surface area contributed by atoms with Gasteiger partial charge in [-0.25, -0.2) is 4.79 Å². The second-order valence-corrected chi connectivity index (χ2v) is 5.59. The third kappa shape index (κ3) is 3.83. The standard InChI is InChI=1S/C16H22N2O2/c1-12(19)14-7-9-15(10-8-14)17-16(20)18(2)11-13-5-3-4-6-13/h7-10,13H,3-6,11H2,1-2H3,(H,17,20). The van der Waals surface area contributed by atoms with Gasteiger partial charge in [0.05, 0.1) is 0 Å². The zero-order valence-electron chi connectivity index (χ0n) is 12.2. The summed E-state index contributed by atoms with van der Waals surface area (Å²) in [5.41, 5.74) is 1.38. The molecule has 4 heteroatoms. The van der Waals surface area contributed by atoms with Crippen LogP contribution in [0.1, 0.15) is 43.0 Å². The molecule has 2 rings (SSSR count). The van der Waals surface area contributed by atoms with Crippen LogP contribution in [-0.4, -0.2) is 30.3 Å². The van der Waals surface area contributed by atoms with Crippen molar-refractivity contribution in [3.05, 3.63) is 29.8 Å². The molecule has 0 radical (unpaired) electrons. The summed E-state index contributed by atoms with van der Waals surface area (Å²) in [4.78, 5) is 25.0. The van der Waals surface area contributed by atoms with Crippen LogP contribution in [0, 0.1) is 5.92 Å². The van der Waals surface area contributed by atoms with Crippen LogP contribution in [0.2, 0.25) is 0 Å². The molecule has 0 aliphatic heterocycles. The summed E-state index contributed by atoms with van der Waals surface area (Å²) in [6.07, 6.45) is 5.02. The first kappa shape index (κ1) is 14.6. The van der Waals surface area contributed by atoms with E-state index < -0.39 is 0 Å². The predicted octanol–water partition coefficient (Wildman–Crippen LogP) is 3.54. The first-order chi connectivity index (χ1) is 9.56. The molecule has 0 unspecified atom stereocenters. The van der Waals surface area contributed by atoms with E-state index in [0.717, 1.165) is 12.2 Å². The van der Waals surface area contributed by atoms with Crippen LogP contribution < -0.4 is 5.32 Å². The molecule has 0 saturated heterocycles. The summed E-state index contributed by atoms with van der Waals surface area (Å²) in [5, 5.41) is 2.86. The minimum atomic E-state index is -0.0903. The molecule has 0 heterocycles. The summed E-state index contributed by atoms with van der Waals surface area (Å²) in [7, 11) is 1.83. The maximum absolute atomic E-state index is 12.1. The summed E-state index contributed by atoms with van der Waals surface area (Å²) in [6.45, 7) is 2.35. The highest BCUT2D eigenvalue weighted by atomic mass is 16.2. The second-order valence-electron chi connectivity index (χ2n) is 5.59. The van der Waals surface area contributed by atoms with Crippen molar-refractivity contribution < 1.29 is 9.59 Å². The molecule has 2 amide bonds. The molecule has 1 fully saturated rings. The Hall–Kier alpha value is -1.84. The Kier molecular flexibility index (Phi) is 4.77. The number of carbonyl (C=O) groups is 2. The van der Waals surface area contributed by atoms with Gasteiger partial charge in [-0.05, 0) is 49.9 Å². The van der Waals surface area contributed by atoms with E-state index in [1.165, 1.54) is 32.6 Å². The zero-order chi connectivity index (χ0) is 14.5. The maximum atomic E-state index is 12.1. The predicted molar refractivity (Wildman–Crippen MR) is 80.1 cm³/mol. The minimum absolute atomic E-state index is 0.0289. The maximum Gasteiger partial charge on any atom is 0.321 e. The van der Waals surface area contributed by atoms with Crippen molar-refractivity contribution in [2.45, 2.75) is 32.6 Å². The fraction of sp³-hybridized carbons (Fsp3) is 0.500. The van der Waals surface area contributed by atoms with Gasteiger partial charge in [0.2, 0.25) is 0 Å². The summed E-state index contributed by atoms with van der Waals surface area (Å²) >= 11 is 0. The van der Waals surface area contributed by atoms with Crippen molar-refractivity contribution >= 4 is 17.5 Å². The van der Waals surface area contributed by atoms with Crippen molar-refractivity contribution in [2.75, 3.05) is 18.9 Å². The Balaban J connectivity index is 1.87. The molecule has 0 atom stereocenters. The number of amides is 2. The molecule has 0 aromatic heterocycles. The Labute approximate surface area is 120 Å². The van der Waals surface area contributed by atoms with Crippen molar-refractivity contribution in [1.82, 2.24) is 4.90 Å². The van der Waals surface area contributed by atoms with Gasteiger partial charge in [-0.15, -0.1) is 0 Å². The van der Waals surface area contributed by atoms with Gasteiger partial charge in [-0.3, -0.25) is 4.79 Å². The Morgan fingerprint density at radius 3 is 2.35 bits per heavy atom. The first-order valence-corrected chi connectivity index (χ1v) is 7.19. The van der Waals surface area contributed by atoms with Crippen LogP contribution in [0.25, 0.3) is 0 Å². The van der Waals surface area contributed by atoms with E-state index in [4.69, 9.17) is 0 Å². The number of nitrogens with one attached hydrogen (secondary N) is 1. The number of Topliss-reactive ketones (excluding diaryl/α,β-unsaturated/α-hetero) is 1. The van der Waals surface area contributed by atoms with Crippen LogP contribution in [0.4, 0.5) is 10.5 Å². The summed E-state index contributed by atoms with van der Waals surface area (Å²) in [5.74, 6) is 0.673. The van der Waals surface area contributed by atoms with E-state index in [0.29, 0.717) is 11.5 Å². The van der Waals surface area contributed by atoms with Gasteiger partial charge in [0.1, 0.15) is 0 Å². The molecule has 1 aliphatic rings. The van der Waals surface area contributed by atoms with Crippen LogP contribution in [0.3, 0.4) is 0 Å². The number of carbonyl (C=O) groups excluding carboxylic acids is 2. The number of anilines is 1. The monoisotopic (exact) mass is 274 g/mol. The average molecular weight is 274 g/mol. The van der Waals surface area contributed by atoms with Crippen LogP contribution >= 0.6 is 0 Å². The topological polar surface area (TPSA) is 49.4 Å². The van der Waals surface area contributed by atoms with Crippen molar-refractivity contribution in [3.63, 3.8) is 0 Å².